The van der Waals surface area contributed by atoms with Crippen molar-refractivity contribution in [1.29, 1.82) is 0 Å². The van der Waals surface area contributed by atoms with Gasteiger partial charge >= 0.3 is 0 Å². The van der Waals surface area contributed by atoms with Gasteiger partial charge in [0.2, 0.25) is 0 Å². The summed E-state index contributed by atoms with van der Waals surface area (Å²) in [5.41, 5.74) is 7.61. The lowest BCUT2D eigenvalue weighted by molar-refractivity contribution is 0.206. The molecule has 0 aromatic heterocycles. The summed E-state index contributed by atoms with van der Waals surface area (Å²) in [6.45, 7) is 9.03. The van der Waals surface area contributed by atoms with Crippen molar-refractivity contribution in [3.63, 3.8) is 0 Å². The molecule has 3 nitrogen and oxygen atoms in total. The zero-order valence-electron chi connectivity index (χ0n) is 13.1. The van der Waals surface area contributed by atoms with Gasteiger partial charge in [0, 0.05) is 12.6 Å². The highest BCUT2D eigenvalue weighted by atomic mass is 16.5. The lowest BCUT2D eigenvalue weighted by Crippen LogP contribution is -2.31. The van der Waals surface area contributed by atoms with Crippen molar-refractivity contribution >= 4 is 0 Å². The summed E-state index contributed by atoms with van der Waals surface area (Å²) in [5, 5.41) is 0. The van der Waals surface area contributed by atoms with E-state index in [9.17, 15) is 0 Å². The number of rotatable bonds is 6. The van der Waals surface area contributed by atoms with Crippen LogP contribution in [0.3, 0.4) is 0 Å². The van der Waals surface area contributed by atoms with Crippen molar-refractivity contribution < 1.29 is 4.74 Å². The van der Waals surface area contributed by atoms with Gasteiger partial charge in [-0.25, -0.2) is 0 Å². The Hall–Kier alpha value is -1.50. The standard InChI is InChI=1S/C17H26N2O/c1-5-14(3)19(6-2)13-15-9-10-17(20-4)16(12-15)8-7-11-18/h9-10,12,14H,5-6,11,13,18H2,1-4H3. The van der Waals surface area contributed by atoms with Gasteiger partial charge in [-0.05, 0) is 37.6 Å². The number of nitrogens with two attached hydrogens (primary N) is 1. The summed E-state index contributed by atoms with van der Waals surface area (Å²) in [6, 6.07) is 6.78. The summed E-state index contributed by atoms with van der Waals surface area (Å²) >= 11 is 0. The maximum Gasteiger partial charge on any atom is 0.134 e. The maximum absolute atomic E-state index is 5.44. The van der Waals surface area contributed by atoms with Gasteiger partial charge in [0.15, 0.2) is 0 Å². The summed E-state index contributed by atoms with van der Waals surface area (Å²) in [6.07, 6.45) is 1.16. The SMILES string of the molecule is CCC(C)N(CC)Cc1ccc(OC)c(C#CCN)c1. The molecule has 0 radical (unpaired) electrons. The Bertz CT molecular complexity index is 474. The molecule has 0 aliphatic rings. The van der Waals surface area contributed by atoms with E-state index in [0.717, 1.165) is 30.8 Å². The lowest BCUT2D eigenvalue weighted by Gasteiger charge is -2.27. The van der Waals surface area contributed by atoms with Crippen molar-refractivity contribution in [3.05, 3.63) is 29.3 Å². The predicted molar refractivity (Wildman–Crippen MR) is 84.8 cm³/mol. The maximum atomic E-state index is 5.44. The molecule has 110 valence electrons. The third-order valence-electron chi connectivity index (χ3n) is 3.60. The average Bonchev–Trinajstić information content (AvgIpc) is 2.49. The van der Waals surface area contributed by atoms with E-state index in [1.165, 1.54) is 5.56 Å². The second-order valence-corrected chi connectivity index (χ2v) is 4.86. The molecule has 0 aliphatic carbocycles. The van der Waals surface area contributed by atoms with Crippen molar-refractivity contribution in [2.75, 3.05) is 20.2 Å². The summed E-state index contributed by atoms with van der Waals surface area (Å²) in [4.78, 5) is 2.46. The molecule has 20 heavy (non-hydrogen) atoms. The van der Waals surface area contributed by atoms with Crippen LogP contribution >= 0.6 is 0 Å². The van der Waals surface area contributed by atoms with Crippen LogP contribution in [0.5, 0.6) is 5.75 Å². The van der Waals surface area contributed by atoms with Crippen LogP contribution in [-0.4, -0.2) is 31.1 Å². The molecule has 1 atom stereocenters. The Balaban J connectivity index is 2.96. The molecule has 0 saturated heterocycles. The van der Waals surface area contributed by atoms with E-state index >= 15 is 0 Å². The molecule has 0 heterocycles. The predicted octanol–water partition coefficient (Wildman–Crippen LogP) is 2.63. The summed E-state index contributed by atoms with van der Waals surface area (Å²) in [5.74, 6) is 6.78. The van der Waals surface area contributed by atoms with Crippen LogP contribution in [0.15, 0.2) is 18.2 Å². The van der Waals surface area contributed by atoms with Crippen LogP contribution in [0.1, 0.15) is 38.3 Å². The highest BCUT2D eigenvalue weighted by molar-refractivity contribution is 5.48. The number of benzene rings is 1. The van der Waals surface area contributed by atoms with Crippen molar-refractivity contribution in [1.82, 2.24) is 4.90 Å². The molecule has 0 spiro atoms. The van der Waals surface area contributed by atoms with E-state index in [4.69, 9.17) is 10.5 Å². The molecule has 1 unspecified atom stereocenters. The summed E-state index contributed by atoms with van der Waals surface area (Å²) in [7, 11) is 1.67. The Kier molecular flexibility index (Phi) is 7.14. The van der Waals surface area contributed by atoms with Crippen LogP contribution < -0.4 is 10.5 Å². The zero-order valence-corrected chi connectivity index (χ0v) is 13.1. The number of methoxy groups -OCH3 is 1. The third-order valence-corrected chi connectivity index (χ3v) is 3.60. The van der Waals surface area contributed by atoms with Crippen LogP contribution in [0.2, 0.25) is 0 Å². The highest BCUT2D eigenvalue weighted by Gasteiger charge is 2.11. The molecule has 0 amide bonds. The molecule has 2 N–H and O–H groups in total. The summed E-state index contributed by atoms with van der Waals surface area (Å²) < 4.78 is 5.34. The van der Waals surface area contributed by atoms with Gasteiger partial charge in [0.25, 0.3) is 0 Å². The monoisotopic (exact) mass is 274 g/mol. The smallest absolute Gasteiger partial charge is 0.134 e. The average molecular weight is 274 g/mol. The Morgan fingerprint density at radius 3 is 2.65 bits per heavy atom. The molecule has 3 heteroatoms. The van der Waals surface area contributed by atoms with Gasteiger partial charge in [-0.2, -0.15) is 0 Å². The Morgan fingerprint density at radius 2 is 2.10 bits per heavy atom. The Labute approximate surface area is 123 Å². The molecule has 1 rings (SSSR count). The van der Waals surface area contributed by atoms with Gasteiger partial charge in [-0.3, -0.25) is 4.90 Å². The fourth-order valence-corrected chi connectivity index (χ4v) is 2.17. The molecular formula is C17H26N2O. The first kappa shape index (κ1) is 16.6. The first-order valence-electron chi connectivity index (χ1n) is 7.26. The second kappa shape index (κ2) is 8.63. The molecule has 0 fully saturated rings. The zero-order chi connectivity index (χ0) is 15.0. The van der Waals surface area contributed by atoms with E-state index in [1.54, 1.807) is 7.11 Å². The number of nitrogens with zero attached hydrogens (tertiary/aromatic N) is 1. The van der Waals surface area contributed by atoms with Crippen molar-refractivity contribution in [2.24, 2.45) is 5.73 Å². The largest absolute Gasteiger partial charge is 0.495 e. The van der Waals surface area contributed by atoms with E-state index in [-0.39, 0.29) is 0 Å². The highest BCUT2D eigenvalue weighted by Crippen LogP contribution is 2.20. The molecule has 1 aromatic rings. The minimum atomic E-state index is 0.362. The van der Waals surface area contributed by atoms with Gasteiger partial charge in [-0.1, -0.05) is 31.8 Å². The normalized spacial score (nSPS) is 11.9. The lowest BCUT2D eigenvalue weighted by atomic mass is 10.1. The number of ether oxygens (including phenoxy) is 1. The van der Waals surface area contributed by atoms with E-state index in [2.05, 4.69) is 49.6 Å². The molecule has 0 saturated carbocycles. The quantitative estimate of drug-likeness (QED) is 0.810. The Morgan fingerprint density at radius 1 is 1.35 bits per heavy atom. The second-order valence-electron chi connectivity index (χ2n) is 4.86. The molecule has 1 aromatic carbocycles. The van der Waals surface area contributed by atoms with Crippen molar-refractivity contribution in [2.45, 2.75) is 39.8 Å². The number of hydrogen-bond acceptors (Lipinski definition) is 3. The van der Waals surface area contributed by atoms with Gasteiger partial charge < -0.3 is 10.5 Å². The molecular weight excluding hydrogens is 248 g/mol. The minimum Gasteiger partial charge on any atom is -0.495 e. The van der Waals surface area contributed by atoms with Crippen LogP contribution in [-0.2, 0) is 6.54 Å². The first-order valence-corrected chi connectivity index (χ1v) is 7.26. The van der Waals surface area contributed by atoms with Crippen LogP contribution in [0.25, 0.3) is 0 Å². The van der Waals surface area contributed by atoms with Gasteiger partial charge in [-0.15, -0.1) is 0 Å². The third kappa shape index (κ3) is 4.56. The van der Waals surface area contributed by atoms with Crippen molar-refractivity contribution in [3.8, 4) is 17.6 Å². The first-order chi connectivity index (χ1) is 9.65. The topological polar surface area (TPSA) is 38.5 Å². The fourth-order valence-electron chi connectivity index (χ4n) is 2.17. The van der Waals surface area contributed by atoms with Crippen LogP contribution in [0, 0.1) is 11.8 Å². The molecule has 0 aliphatic heterocycles. The van der Waals surface area contributed by atoms with E-state index in [0.29, 0.717) is 12.6 Å². The van der Waals surface area contributed by atoms with Crippen LogP contribution in [0.4, 0.5) is 0 Å². The number of hydrogen-bond donors (Lipinski definition) is 1. The van der Waals surface area contributed by atoms with E-state index < -0.39 is 0 Å². The van der Waals surface area contributed by atoms with E-state index in [1.807, 2.05) is 6.07 Å². The minimum absolute atomic E-state index is 0.362. The fraction of sp³-hybridized carbons (Fsp3) is 0.529. The van der Waals surface area contributed by atoms with Gasteiger partial charge in [0.05, 0.1) is 19.2 Å². The van der Waals surface area contributed by atoms with Gasteiger partial charge in [0.1, 0.15) is 5.75 Å². The molecule has 0 bridgehead atoms.